The van der Waals surface area contributed by atoms with E-state index in [1.807, 2.05) is 0 Å². The van der Waals surface area contributed by atoms with E-state index in [1.54, 1.807) is 0 Å². The van der Waals surface area contributed by atoms with Crippen molar-refractivity contribution in [2.24, 2.45) is 11.3 Å². The molecule has 3 fully saturated rings. The number of carboxylic acid groups (broad SMARTS) is 1. The fraction of sp³-hybridized carbons (Fsp3) is 0.533. The minimum atomic E-state index is -0.581. The summed E-state index contributed by atoms with van der Waals surface area (Å²) in [6.07, 6.45) is 4.73. The van der Waals surface area contributed by atoms with Gasteiger partial charge >= 0.3 is 5.97 Å². The third-order valence-corrected chi connectivity index (χ3v) is 5.45. The van der Waals surface area contributed by atoms with E-state index < -0.39 is 11.4 Å². The first-order valence-corrected chi connectivity index (χ1v) is 7.39. The van der Waals surface area contributed by atoms with E-state index in [0.29, 0.717) is 11.8 Å². The van der Waals surface area contributed by atoms with Gasteiger partial charge < -0.3 is 5.11 Å². The van der Waals surface area contributed by atoms with Gasteiger partial charge in [-0.15, -0.1) is 0 Å². The summed E-state index contributed by atoms with van der Waals surface area (Å²) >= 11 is 3.45. The highest BCUT2D eigenvalue weighted by Crippen LogP contribution is 2.56. The quantitative estimate of drug-likeness (QED) is 0.889. The van der Waals surface area contributed by atoms with Crippen LogP contribution in [-0.2, 0) is 4.79 Å². The van der Waals surface area contributed by atoms with Crippen LogP contribution in [-0.4, -0.2) is 11.1 Å². The highest BCUT2D eigenvalue weighted by atomic mass is 79.9. The van der Waals surface area contributed by atoms with Crippen LogP contribution >= 0.6 is 15.9 Å². The molecule has 0 heterocycles. The second kappa shape index (κ2) is 4.37. The molecular weight excluding hydrogens is 292 g/mol. The van der Waals surface area contributed by atoms with Crippen molar-refractivity contribution in [1.29, 1.82) is 0 Å². The lowest BCUT2D eigenvalue weighted by Gasteiger charge is -2.48. The van der Waals surface area contributed by atoms with Crippen molar-refractivity contribution in [3.8, 4) is 0 Å². The Labute approximate surface area is 116 Å². The fourth-order valence-electron chi connectivity index (χ4n) is 3.79. The van der Waals surface area contributed by atoms with E-state index in [2.05, 4.69) is 40.2 Å². The van der Waals surface area contributed by atoms with Crippen molar-refractivity contribution in [2.75, 3.05) is 0 Å². The van der Waals surface area contributed by atoms with Crippen LogP contribution in [0.25, 0.3) is 0 Å². The topological polar surface area (TPSA) is 37.3 Å². The Morgan fingerprint density at radius 2 is 1.83 bits per heavy atom. The molecule has 0 amide bonds. The maximum Gasteiger partial charge on any atom is 0.309 e. The van der Waals surface area contributed by atoms with Gasteiger partial charge in [0.05, 0.1) is 5.41 Å². The third kappa shape index (κ3) is 1.89. The van der Waals surface area contributed by atoms with Gasteiger partial charge in [0.15, 0.2) is 0 Å². The van der Waals surface area contributed by atoms with Crippen LogP contribution in [0.1, 0.15) is 43.6 Å². The molecule has 2 bridgehead atoms. The lowest BCUT2D eigenvalue weighted by Crippen LogP contribution is -2.44. The number of halogens is 1. The van der Waals surface area contributed by atoms with Crippen molar-refractivity contribution < 1.29 is 9.90 Å². The van der Waals surface area contributed by atoms with Crippen LogP contribution in [0.15, 0.2) is 28.7 Å². The molecule has 18 heavy (non-hydrogen) atoms. The standard InChI is InChI=1S/C15H17BrO2/c16-12-3-1-10(2-4-12)13-9-15(14(17)18)7-5-11(13)6-8-15/h1-4,11,13H,5-9H2,(H,17,18). The van der Waals surface area contributed by atoms with Gasteiger partial charge in [0, 0.05) is 4.47 Å². The van der Waals surface area contributed by atoms with Gasteiger partial charge in [0.1, 0.15) is 0 Å². The fourth-order valence-corrected chi connectivity index (χ4v) is 4.05. The summed E-state index contributed by atoms with van der Waals surface area (Å²) in [5, 5.41) is 9.51. The number of rotatable bonds is 2. The summed E-state index contributed by atoms with van der Waals surface area (Å²) in [5.41, 5.74) is 0.875. The number of fused-ring (bicyclic) bond motifs is 3. The molecule has 0 spiro atoms. The predicted molar refractivity (Wildman–Crippen MR) is 73.5 cm³/mol. The van der Waals surface area contributed by atoms with Gasteiger partial charge in [-0.1, -0.05) is 28.1 Å². The first-order chi connectivity index (χ1) is 8.61. The Balaban J connectivity index is 1.90. The van der Waals surface area contributed by atoms with Crippen LogP contribution in [0.3, 0.4) is 0 Å². The molecule has 1 aromatic carbocycles. The summed E-state index contributed by atoms with van der Waals surface area (Å²) in [4.78, 5) is 11.6. The summed E-state index contributed by atoms with van der Waals surface area (Å²) in [7, 11) is 0. The number of carboxylic acids is 1. The molecule has 1 aromatic rings. The lowest BCUT2D eigenvalue weighted by molar-refractivity contribution is -0.156. The van der Waals surface area contributed by atoms with Crippen LogP contribution < -0.4 is 0 Å². The normalized spacial score (nSPS) is 34.5. The Kier molecular flexibility index (Phi) is 2.97. The summed E-state index contributed by atoms with van der Waals surface area (Å²) in [6, 6.07) is 8.41. The molecule has 1 atom stereocenters. The van der Waals surface area contributed by atoms with Crippen LogP contribution in [0, 0.1) is 11.3 Å². The zero-order valence-electron chi connectivity index (χ0n) is 10.2. The number of hydrogen-bond donors (Lipinski definition) is 1. The number of carbonyl (C=O) groups is 1. The molecule has 3 heteroatoms. The summed E-state index contributed by atoms with van der Waals surface area (Å²) < 4.78 is 1.08. The lowest BCUT2D eigenvalue weighted by atomic mass is 9.55. The molecule has 0 saturated heterocycles. The second-order valence-electron chi connectivity index (χ2n) is 5.79. The Morgan fingerprint density at radius 1 is 1.22 bits per heavy atom. The third-order valence-electron chi connectivity index (χ3n) is 4.92. The van der Waals surface area contributed by atoms with Crippen molar-refractivity contribution in [3.63, 3.8) is 0 Å². The van der Waals surface area contributed by atoms with E-state index in [-0.39, 0.29) is 0 Å². The number of hydrogen-bond acceptors (Lipinski definition) is 1. The van der Waals surface area contributed by atoms with E-state index in [1.165, 1.54) is 5.56 Å². The monoisotopic (exact) mass is 308 g/mol. The first kappa shape index (κ1) is 12.2. The van der Waals surface area contributed by atoms with Crippen molar-refractivity contribution in [1.82, 2.24) is 0 Å². The van der Waals surface area contributed by atoms with Gasteiger partial charge in [-0.3, -0.25) is 4.79 Å². The zero-order valence-corrected chi connectivity index (χ0v) is 11.8. The summed E-state index contributed by atoms with van der Waals surface area (Å²) in [6.45, 7) is 0. The van der Waals surface area contributed by atoms with Gasteiger partial charge in [0.25, 0.3) is 0 Å². The molecule has 3 aliphatic rings. The van der Waals surface area contributed by atoms with Gasteiger partial charge in [0.2, 0.25) is 0 Å². The maximum atomic E-state index is 11.6. The Bertz CT molecular complexity index is 458. The van der Waals surface area contributed by atoms with Gasteiger partial charge in [-0.05, 0) is 61.6 Å². The molecule has 3 aliphatic carbocycles. The molecule has 3 saturated carbocycles. The molecule has 4 rings (SSSR count). The average molecular weight is 309 g/mol. The minimum Gasteiger partial charge on any atom is -0.481 e. The zero-order chi connectivity index (χ0) is 12.8. The molecule has 0 aliphatic heterocycles. The highest BCUT2D eigenvalue weighted by Gasteiger charge is 2.50. The van der Waals surface area contributed by atoms with Crippen molar-refractivity contribution in [2.45, 2.75) is 38.0 Å². The van der Waals surface area contributed by atoms with Crippen LogP contribution in [0.4, 0.5) is 0 Å². The molecule has 0 aromatic heterocycles. The first-order valence-electron chi connectivity index (χ1n) is 6.60. The van der Waals surface area contributed by atoms with Crippen LogP contribution in [0.2, 0.25) is 0 Å². The van der Waals surface area contributed by atoms with Crippen molar-refractivity contribution >= 4 is 21.9 Å². The molecule has 2 nitrogen and oxygen atoms in total. The highest BCUT2D eigenvalue weighted by molar-refractivity contribution is 9.10. The van der Waals surface area contributed by atoms with E-state index in [0.717, 1.165) is 36.6 Å². The number of benzene rings is 1. The molecule has 0 radical (unpaired) electrons. The second-order valence-corrected chi connectivity index (χ2v) is 6.70. The van der Waals surface area contributed by atoms with Gasteiger partial charge in [-0.25, -0.2) is 0 Å². The molecule has 1 N–H and O–H groups in total. The maximum absolute atomic E-state index is 11.6. The number of aliphatic carboxylic acids is 1. The van der Waals surface area contributed by atoms with Gasteiger partial charge in [-0.2, -0.15) is 0 Å². The molecular formula is C15H17BrO2. The van der Waals surface area contributed by atoms with Crippen LogP contribution in [0.5, 0.6) is 0 Å². The summed E-state index contributed by atoms with van der Waals surface area (Å²) in [5.74, 6) is 0.548. The van der Waals surface area contributed by atoms with Crippen molar-refractivity contribution in [3.05, 3.63) is 34.3 Å². The SMILES string of the molecule is O=C(O)C12CCC(CC1)C(c1ccc(Br)cc1)C2. The van der Waals surface area contributed by atoms with E-state index in [4.69, 9.17) is 0 Å². The average Bonchev–Trinajstić information content (AvgIpc) is 2.40. The Morgan fingerprint density at radius 3 is 2.39 bits per heavy atom. The molecule has 96 valence electrons. The Hall–Kier alpha value is -0.830. The van der Waals surface area contributed by atoms with E-state index >= 15 is 0 Å². The predicted octanol–water partition coefficient (Wildman–Crippen LogP) is 4.20. The van der Waals surface area contributed by atoms with E-state index in [9.17, 15) is 9.90 Å². The smallest absolute Gasteiger partial charge is 0.309 e. The largest absolute Gasteiger partial charge is 0.481 e. The minimum absolute atomic E-state index is 0.438. The molecule has 1 unspecified atom stereocenters.